The van der Waals surface area contributed by atoms with Gasteiger partial charge in [0.2, 0.25) is 11.8 Å². The second-order valence-corrected chi connectivity index (χ2v) is 4.82. The summed E-state index contributed by atoms with van der Waals surface area (Å²) in [6.07, 6.45) is 0. The van der Waals surface area contributed by atoms with E-state index in [2.05, 4.69) is 31.3 Å². The Labute approximate surface area is 117 Å². The van der Waals surface area contributed by atoms with E-state index in [4.69, 9.17) is 22.2 Å². The quantitative estimate of drug-likeness (QED) is 0.668. The first kappa shape index (κ1) is 13.1. The molecule has 2 aromatic rings. The summed E-state index contributed by atoms with van der Waals surface area (Å²) >= 11 is 9.38. The minimum atomic E-state index is 0.288. The highest BCUT2D eigenvalue weighted by Crippen LogP contribution is 2.31. The normalized spacial score (nSPS) is 10.2. The van der Waals surface area contributed by atoms with Gasteiger partial charge in [-0.15, -0.1) is 0 Å². The average Bonchev–Trinajstić information content (AvgIpc) is 2.33. The summed E-state index contributed by atoms with van der Waals surface area (Å²) in [6, 6.07) is 7.01. The van der Waals surface area contributed by atoms with Crippen LogP contribution in [-0.2, 0) is 0 Å². The molecule has 0 aliphatic heterocycles. The van der Waals surface area contributed by atoms with Crippen LogP contribution in [0.5, 0.6) is 11.6 Å². The van der Waals surface area contributed by atoms with Crippen LogP contribution in [-0.4, -0.2) is 9.97 Å². The molecule has 94 valence electrons. The standard InChI is InChI=1S/C11H10BrClN4O/c1-6-4-10(16-11(15-6)17-14)18-9-5-7(12)2-3-8(9)13/h2-5H,14H2,1H3,(H,15,16,17). The Morgan fingerprint density at radius 2 is 2.11 bits per heavy atom. The van der Waals surface area contributed by atoms with E-state index in [-0.39, 0.29) is 5.95 Å². The molecule has 0 atom stereocenters. The molecular weight excluding hydrogens is 320 g/mol. The van der Waals surface area contributed by atoms with Crippen molar-refractivity contribution in [1.29, 1.82) is 0 Å². The van der Waals surface area contributed by atoms with Crippen molar-refractivity contribution in [3.8, 4) is 11.6 Å². The average molecular weight is 330 g/mol. The van der Waals surface area contributed by atoms with Crippen LogP contribution in [0.3, 0.4) is 0 Å². The van der Waals surface area contributed by atoms with Crippen molar-refractivity contribution in [2.45, 2.75) is 6.92 Å². The third-order valence-corrected chi connectivity index (χ3v) is 2.87. The highest BCUT2D eigenvalue weighted by molar-refractivity contribution is 9.10. The van der Waals surface area contributed by atoms with Crippen molar-refractivity contribution in [2.75, 3.05) is 5.43 Å². The van der Waals surface area contributed by atoms with Crippen LogP contribution in [0.4, 0.5) is 5.95 Å². The number of anilines is 1. The molecule has 0 aliphatic carbocycles. The van der Waals surface area contributed by atoms with E-state index in [0.29, 0.717) is 16.7 Å². The van der Waals surface area contributed by atoms with Crippen molar-refractivity contribution < 1.29 is 4.74 Å². The van der Waals surface area contributed by atoms with Gasteiger partial charge in [0.25, 0.3) is 0 Å². The fourth-order valence-electron chi connectivity index (χ4n) is 1.32. The predicted molar refractivity (Wildman–Crippen MR) is 73.8 cm³/mol. The Bertz CT molecular complexity index is 579. The summed E-state index contributed by atoms with van der Waals surface area (Å²) in [5.41, 5.74) is 3.11. The Hall–Kier alpha value is -1.37. The van der Waals surface area contributed by atoms with Gasteiger partial charge in [-0.2, -0.15) is 4.98 Å². The molecule has 18 heavy (non-hydrogen) atoms. The van der Waals surface area contributed by atoms with Crippen LogP contribution < -0.4 is 16.0 Å². The molecule has 0 unspecified atom stereocenters. The van der Waals surface area contributed by atoms with Crippen LogP contribution in [0.2, 0.25) is 5.02 Å². The maximum Gasteiger partial charge on any atom is 0.240 e. The van der Waals surface area contributed by atoms with Gasteiger partial charge in [-0.3, -0.25) is 5.43 Å². The molecule has 0 spiro atoms. The number of benzene rings is 1. The van der Waals surface area contributed by atoms with Gasteiger partial charge in [-0.25, -0.2) is 10.8 Å². The molecule has 0 saturated heterocycles. The fraction of sp³-hybridized carbons (Fsp3) is 0.0909. The van der Waals surface area contributed by atoms with Gasteiger partial charge >= 0.3 is 0 Å². The Balaban J connectivity index is 2.33. The van der Waals surface area contributed by atoms with E-state index in [1.54, 1.807) is 18.2 Å². The number of halogens is 2. The van der Waals surface area contributed by atoms with Crippen LogP contribution in [0, 0.1) is 6.92 Å². The zero-order valence-electron chi connectivity index (χ0n) is 9.45. The van der Waals surface area contributed by atoms with Crippen LogP contribution in [0.15, 0.2) is 28.7 Å². The Kier molecular flexibility index (Phi) is 4.00. The highest BCUT2D eigenvalue weighted by Gasteiger charge is 2.07. The van der Waals surface area contributed by atoms with Gasteiger partial charge in [-0.05, 0) is 25.1 Å². The van der Waals surface area contributed by atoms with Crippen molar-refractivity contribution in [2.24, 2.45) is 5.84 Å². The number of nitrogens with two attached hydrogens (primary N) is 1. The molecule has 1 aromatic heterocycles. The lowest BCUT2D eigenvalue weighted by Gasteiger charge is -2.08. The summed E-state index contributed by atoms with van der Waals surface area (Å²) in [4.78, 5) is 8.14. The van der Waals surface area contributed by atoms with Crippen molar-refractivity contribution in [3.05, 3.63) is 39.5 Å². The van der Waals surface area contributed by atoms with Crippen molar-refractivity contribution >= 4 is 33.5 Å². The van der Waals surface area contributed by atoms with Gasteiger partial charge in [0.1, 0.15) is 5.75 Å². The van der Waals surface area contributed by atoms with Gasteiger partial charge in [0, 0.05) is 16.2 Å². The molecule has 0 saturated carbocycles. The molecule has 5 nitrogen and oxygen atoms in total. The zero-order valence-corrected chi connectivity index (χ0v) is 11.8. The van der Waals surface area contributed by atoms with Crippen LogP contribution in [0.25, 0.3) is 0 Å². The van der Waals surface area contributed by atoms with Gasteiger partial charge < -0.3 is 4.74 Å². The third kappa shape index (κ3) is 3.10. The van der Waals surface area contributed by atoms with Crippen molar-refractivity contribution in [3.63, 3.8) is 0 Å². The number of nitrogens with zero attached hydrogens (tertiary/aromatic N) is 2. The molecule has 1 aromatic carbocycles. The SMILES string of the molecule is Cc1cc(Oc2cc(Br)ccc2Cl)nc(NN)n1. The van der Waals surface area contributed by atoms with E-state index >= 15 is 0 Å². The summed E-state index contributed by atoms with van der Waals surface area (Å²) in [5, 5.41) is 0.497. The van der Waals surface area contributed by atoms with E-state index in [9.17, 15) is 0 Å². The number of aromatic nitrogens is 2. The Morgan fingerprint density at radius 1 is 1.33 bits per heavy atom. The first-order valence-corrected chi connectivity index (χ1v) is 6.21. The molecule has 1 heterocycles. The number of ether oxygens (including phenoxy) is 1. The lowest BCUT2D eigenvalue weighted by molar-refractivity contribution is 0.461. The largest absolute Gasteiger partial charge is 0.437 e. The fourth-order valence-corrected chi connectivity index (χ4v) is 1.82. The second-order valence-electron chi connectivity index (χ2n) is 3.49. The molecule has 0 amide bonds. The molecule has 3 N–H and O–H groups in total. The number of aryl methyl sites for hydroxylation is 1. The second kappa shape index (κ2) is 5.51. The van der Waals surface area contributed by atoms with E-state index in [0.717, 1.165) is 10.2 Å². The van der Waals surface area contributed by atoms with E-state index in [1.807, 2.05) is 13.0 Å². The predicted octanol–water partition coefficient (Wildman–Crippen LogP) is 3.28. The highest BCUT2D eigenvalue weighted by atomic mass is 79.9. The number of hydrazine groups is 1. The minimum Gasteiger partial charge on any atom is -0.437 e. The smallest absolute Gasteiger partial charge is 0.240 e. The number of nitrogens with one attached hydrogen (secondary N) is 1. The Morgan fingerprint density at radius 3 is 2.83 bits per heavy atom. The molecular formula is C11H10BrClN4O. The maximum atomic E-state index is 6.03. The minimum absolute atomic E-state index is 0.288. The number of nitrogen functional groups attached to an aromatic ring is 1. The zero-order chi connectivity index (χ0) is 13.1. The number of rotatable bonds is 3. The summed E-state index contributed by atoms with van der Waals surface area (Å²) in [7, 11) is 0. The summed E-state index contributed by atoms with van der Waals surface area (Å²) in [5.74, 6) is 6.44. The van der Waals surface area contributed by atoms with Gasteiger partial charge in [0.15, 0.2) is 0 Å². The number of hydrogen-bond acceptors (Lipinski definition) is 5. The van der Waals surface area contributed by atoms with Gasteiger partial charge in [-0.1, -0.05) is 27.5 Å². The topological polar surface area (TPSA) is 73.1 Å². The van der Waals surface area contributed by atoms with Crippen LogP contribution in [0.1, 0.15) is 5.69 Å². The lowest BCUT2D eigenvalue weighted by Crippen LogP contribution is -2.11. The van der Waals surface area contributed by atoms with E-state index in [1.165, 1.54) is 0 Å². The van der Waals surface area contributed by atoms with Crippen molar-refractivity contribution in [1.82, 2.24) is 9.97 Å². The first-order valence-electron chi connectivity index (χ1n) is 5.03. The van der Waals surface area contributed by atoms with E-state index < -0.39 is 0 Å². The molecule has 0 radical (unpaired) electrons. The first-order chi connectivity index (χ1) is 8.58. The van der Waals surface area contributed by atoms with Gasteiger partial charge in [0.05, 0.1) is 5.02 Å². The number of hydrogen-bond donors (Lipinski definition) is 2. The maximum absolute atomic E-state index is 6.03. The molecule has 0 bridgehead atoms. The molecule has 0 aliphatic rings. The lowest BCUT2D eigenvalue weighted by atomic mass is 10.3. The molecule has 7 heteroatoms. The molecule has 2 rings (SSSR count). The summed E-state index contributed by atoms with van der Waals surface area (Å²) in [6.45, 7) is 1.82. The summed E-state index contributed by atoms with van der Waals surface area (Å²) < 4.78 is 6.47. The molecule has 0 fully saturated rings. The monoisotopic (exact) mass is 328 g/mol. The third-order valence-electron chi connectivity index (χ3n) is 2.07. The van der Waals surface area contributed by atoms with Crippen LogP contribution >= 0.6 is 27.5 Å².